The number of anilines is 1. The molecule has 0 aliphatic carbocycles. The molecule has 0 atom stereocenters. The minimum Gasteiger partial charge on any atom is -0.381 e. The van der Waals surface area contributed by atoms with Crippen LogP contribution in [0.2, 0.25) is 0 Å². The molecule has 0 aromatic carbocycles. The normalized spacial score (nSPS) is 11.7. The Bertz CT molecular complexity index is 621. The molecular formula is C18H29N5O. The second-order valence-electron chi connectivity index (χ2n) is 6.92. The van der Waals surface area contributed by atoms with Crippen molar-refractivity contribution in [1.29, 1.82) is 0 Å². The van der Waals surface area contributed by atoms with E-state index in [-0.39, 0.29) is 5.41 Å². The van der Waals surface area contributed by atoms with Gasteiger partial charge in [-0.1, -0.05) is 13.8 Å². The molecule has 0 saturated heterocycles. The van der Waals surface area contributed by atoms with Gasteiger partial charge in [-0.05, 0) is 26.3 Å². The van der Waals surface area contributed by atoms with Crippen LogP contribution in [0, 0.1) is 12.3 Å². The molecule has 0 bridgehead atoms. The first-order chi connectivity index (χ1) is 11.4. The molecule has 0 N–H and O–H groups in total. The molecule has 2 aromatic heterocycles. The van der Waals surface area contributed by atoms with Gasteiger partial charge in [-0.3, -0.25) is 4.68 Å². The first-order valence-corrected chi connectivity index (χ1v) is 8.56. The minimum atomic E-state index is 0.00497. The summed E-state index contributed by atoms with van der Waals surface area (Å²) in [6, 6.07) is 0. The number of aromatic nitrogens is 4. The van der Waals surface area contributed by atoms with Gasteiger partial charge in [0, 0.05) is 55.8 Å². The van der Waals surface area contributed by atoms with Crippen molar-refractivity contribution in [1.82, 2.24) is 19.7 Å². The highest BCUT2D eigenvalue weighted by Crippen LogP contribution is 2.22. The summed E-state index contributed by atoms with van der Waals surface area (Å²) in [7, 11) is 0. The van der Waals surface area contributed by atoms with Gasteiger partial charge in [-0.2, -0.15) is 5.10 Å². The lowest BCUT2D eigenvalue weighted by atomic mass is 9.94. The molecule has 0 aliphatic heterocycles. The van der Waals surface area contributed by atoms with Gasteiger partial charge in [0.1, 0.15) is 0 Å². The smallest absolute Gasteiger partial charge is 0.225 e. The number of rotatable bonds is 9. The van der Waals surface area contributed by atoms with E-state index in [1.807, 2.05) is 37.1 Å². The molecule has 0 amide bonds. The van der Waals surface area contributed by atoms with Crippen LogP contribution in [-0.2, 0) is 17.8 Å². The third-order valence-corrected chi connectivity index (χ3v) is 3.75. The summed E-state index contributed by atoms with van der Waals surface area (Å²) in [5, 5.41) is 4.37. The van der Waals surface area contributed by atoms with Crippen LogP contribution in [0.4, 0.5) is 5.95 Å². The van der Waals surface area contributed by atoms with Crippen molar-refractivity contribution in [2.45, 2.75) is 47.7 Å². The zero-order valence-corrected chi connectivity index (χ0v) is 15.5. The lowest BCUT2D eigenvalue weighted by Crippen LogP contribution is -2.37. The SMILES string of the molecule is CCOCC(C)(C)CN(Cc1cnn(CC)c1)c1ncc(C)cn1. The van der Waals surface area contributed by atoms with Gasteiger partial charge in [0.25, 0.3) is 0 Å². The van der Waals surface area contributed by atoms with Crippen LogP contribution < -0.4 is 4.90 Å². The molecule has 2 rings (SSSR count). The van der Waals surface area contributed by atoms with Crippen LogP contribution >= 0.6 is 0 Å². The van der Waals surface area contributed by atoms with E-state index in [0.717, 1.165) is 43.3 Å². The zero-order chi connectivity index (χ0) is 17.6. The number of aryl methyl sites for hydroxylation is 2. The predicted octanol–water partition coefficient (Wildman–Crippen LogP) is 3.07. The quantitative estimate of drug-likeness (QED) is 0.707. The van der Waals surface area contributed by atoms with Crippen molar-refractivity contribution < 1.29 is 4.74 Å². The summed E-state index contributed by atoms with van der Waals surface area (Å²) >= 11 is 0. The summed E-state index contributed by atoms with van der Waals surface area (Å²) in [6.45, 7) is 14.4. The number of ether oxygens (including phenoxy) is 1. The monoisotopic (exact) mass is 331 g/mol. The summed E-state index contributed by atoms with van der Waals surface area (Å²) in [5.41, 5.74) is 2.23. The molecule has 132 valence electrons. The molecule has 6 nitrogen and oxygen atoms in total. The molecule has 0 spiro atoms. The molecule has 0 fully saturated rings. The lowest BCUT2D eigenvalue weighted by molar-refractivity contribution is 0.0738. The summed E-state index contributed by atoms with van der Waals surface area (Å²) in [4.78, 5) is 11.2. The van der Waals surface area contributed by atoms with Gasteiger partial charge in [0.05, 0.1) is 12.8 Å². The van der Waals surface area contributed by atoms with Crippen LogP contribution in [0.1, 0.15) is 38.8 Å². The minimum absolute atomic E-state index is 0.00497. The fourth-order valence-electron chi connectivity index (χ4n) is 2.57. The van der Waals surface area contributed by atoms with Crippen LogP contribution in [0.5, 0.6) is 0 Å². The largest absolute Gasteiger partial charge is 0.381 e. The average molecular weight is 331 g/mol. The highest BCUT2D eigenvalue weighted by molar-refractivity contribution is 5.32. The summed E-state index contributed by atoms with van der Waals surface area (Å²) < 4.78 is 7.58. The highest BCUT2D eigenvalue weighted by Gasteiger charge is 2.24. The fraction of sp³-hybridized carbons (Fsp3) is 0.611. The van der Waals surface area contributed by atoms with Crippen LogP contribution in [0.3, 0.4) is 0 Å². The third-order valence-electron chi connectivity index (χ3n) is 3.75. The maximum Gasteiger partial charge on any atom is 0.225 e. The van der Waals surface area contributed by atoms with Gasteiger partial charge in [-0.15, -0.1) is 0 Å². The van der Waals surface area contributed by atoms with Gasteiger partial charge in [-0.25, -0.2) is 9.97 Å². The van der Waals surface area contributed by atoms with Crippen molar-refractivity contribution in [2.24, 2.45) is 5.41 Å². The van der Waals surface area contributed by atoms with E-state index in [9.17, 15) is 0 Å². The first kappa shape index (κ1) is 18.4. The van der Waals surface area contributed by atoms with E-state index in [0.29, 0.717) is 6.61 Å². The average Bonchev–Trinajstić information content (AvgIpc) is 3.00. The molecule has 24 heavy (non-hydrogen) atoms. The zero-order valence-electron chi connectivity index (χ0n) is 15.5. The van der Waals surface area contributed by atoms with Gasteiger partial charge >= 0.3 is 0 Å². The molecule has 0 radical (unpaired) electrons. The van der Waals surface area contributed by atoms with Gasteiger partial charge in [0.2, 0.25) is 5.95 Å². The number of hydrogen-bond donors (Lipinski definition) is 0. The van der Waals surface area contributed by atoms with Crippen molar-refractivity contribution >= 4 is 5.95 Å². The molecule has 2 heterocycles. The highest BCUT2D eigenvalue weighted by atomic mass is 16.5. The third kappa shape index (κ3) is 5.30. The molecule has 2 aromatic rings. The molecule has 0 saturated carbocycles. The van der Waals surface area contributed by atoms with E-state index in [1.165, 1.54) is 0 Å². The first-order valence-electron chi connectivity index (χ1n) is 8.56. The van der Waals surface area contributed by atoms with E-state index in [1.54, 1.807) is 0 Å². The standard InChI is InChI=1S/C18H29N5O/c1-6-23-12-16(10-21-23)11-22(13-18(4,5)14-24-7-2)17-19-8-15(3)9-20-17/h8-10,12H,6-7,11,13-14H2,1-5H3. The van der Waals surface area contributed by atoms with Gasteiger partial charge in [0.15, 0.2) is 0 Å². The summed E-state index contributed by atoms with van der Waals surface area (Å²) in [5.74, 6) is 0.745. The van der Waals surface area contributed by atoms with Gasteiger partial charge < -0.3 is 9.64 Å². The predicted molar refractivity (Wildman–Crippen MR) is 96.0 cm³/mol. The van der Waals surface area contributed by atoms with E-state index < -0.39 is 0 Å². The Hall–Kier alpha value is -1.95. The summed E-state index contributed by atoms with van der Waals surface area (Å²) in [6.07, 6.45) is 7.72. The van der Waals surface area contributed by atoms with E-state index in [2.05, 4.69) is 46.9 Å². The molecule has 0 aliphatic rings. The lowest BCUT2D eigenvalue weighted by Gasteiger charge is -2.32. The molecular weight excluding hydrogens is 302 g/mol. The maximum atomic E-state index is 5.64. The van der Waals surface area contributed by atoms with E-state index >= 15 is 0 Å². The Morgan fingerprint density at radius 2 is 1.88 bits per heavy atom. The number of nitrogens with zero attached hydrogens (tertiary/aromatic N) is 5. The Kier molecular flexibility index (Phi) is 6.31. The Labute approximate surface area is 144 Å². The Morgan fingerprint density at radius 1 is 1.17 bits per heavy atom. The van der Waals surface area contributed by atoms with Crippen LogP contribution in [-0.4, -0.2) is 39.5 Å². The van der Waals surface area contributed by atoms with Crippen LogP contribution in [0.25, 0.3) is 0 Å². The van der Waals surface area contributed by atoms with Crippen molar-refractivity contribution in [3.8, 4) is 0 Å². The van der Waals surface area contributed by atoms with Crippen molar-refractivity contribution in [3.05, 3.63) is 35.9 Å². The van der Waals surface area contributed by atoms with Crippen LogP contribution in [0.15, 0.2) is 24.8 Å². The Morgan fingerprint density at radius 3 is 2.46 bits per heavy atom. The Balaban J connectivity index is 2.18. The molecule has 0 unspecified atom stereocenters. The van der Waals surface area contributed by atoms with E-state index in [4.69, 9.17) is 4.74 Å². The second-order valence-corrected chi connectivity index (χ2v) is 6.92. The number of hydrogen-bond acceptors (Lipinski definition) is 5. The van der Waals surface area contributed by atoms with Crippen molar-refractivity contribution in [2.75, 3.05) is 24.7 Å². The van der Waals surface area contributed by atoms with Crippen molar-refractivity contribution in [3.63, 3.8) is 0 Å². The molecule has 6 heteroatoms. The topological polar surface area (TPSA) is 56.1 Å². The fourth-order valence-corrected chi connectivity index (χ4v) is 2.57. The second kappa shape index (κ2) is 8.24. The maximum absolute atomic E-state index is 5.64.